The van der Waals surface area contributed by atoms with E-state index >= 15 is 0 Å². The second kappa shape index (κ2) is 5.65. The third kappa shape index (κ3) is 2.89. The molecule has 120 valence electrons. The van der Waals surface area contributed by atoms with Crippen LogP contribution in [0.15, 0.2) is 12.4 Å². The van der Waals surface area contributed by atoms with Gasteiger partial charge in [0.05, 0.1) is 23.3 Å². The molecular formula is C14H21N5O2S. The van der Waals surface area contributed by atoms with Crippen LogP contribution in [-0.2, 0) is 10.0 Å². The Bertz CT molecular complexity index is 660. The van der Waals surface area contributed by atoms with Crippen LogP contribution in [0.1, 0.15) is 31.6 Å². The molecule has 1 aliphatic carbocycles. The Balaban J connectivity index is 1.77. The summed E-state index contributed by atoms with van der Waals surface area (Å²) >= 11 is 0. The van der Waals surface area contributed by atoms with Gasteiger partial charge in [0.2, 0.25) is 10.0 Å². The Morgan fingerprint density at radius 2 is 2.27 bits per heavy atom. The highest BCUT2D eigenvalue weighted by atomic mass is 32.2. The van der Waals surface area contributed by atoms with E-state index in [-0.39, 0.29) is 11.8 Å². The third-order valence-corrected chi connectivity index (χ3v) is 6.67. The van der Waals surface area contributed by atoms with Crippen LogP contribution in [0.4, 0.5) is 0 Å². The average molecular weight is 323 g/mol. The summed E-state index contributed by atoms with van der Waals surface area (Å²) in [7, 11) is -3.40. The molecule has 0 radical (unpaired) electrons. The molecule has 3 rings (SSSR count). The van der Waals surface area contributed by atoms with Crippen LogP contribution in [0.2, 0.25) is 0 Å². The van der Waals surface area contributed by atoms with Crippen molar-refractivity contribution in [2.75, 3.05) is 31.9 Å². The van der Waals surface area contributed by atoms with Crippen LogP contribution in [-0.4, -0.2) is 59.5 Å². The monoisotopic (exact) mass is 323 g/mol. The van der Waals surface area contributed by atoms with Gasteiger partial charge in [0, 0.05) is 32.0 Å². The third-order valence-electron chi connectivity index (χ3n) is 4.64. The predicted molar refractivity (Wildman–Crippen MR) is 81.2 cm³/mol. The first-order chi connectivity index (χ1) is 10.5. The highest BCUT2D eigenvalue weighted by Crippen LogP contribution is 2.46. The van der Waals surface area contributed by atoms with E-state index in [0.29, 0.717) is 32.5 Å². The van der Waals surface area contributed by atoms with Gasteiger partial charge in [0.15, 0.2) is 0 Å². The SMILES string of the molecule is CCN1CCN(S(=O)(=O)CC2(C#N)CC2)CC1c1ncc[nH]1. The Labute approximate surface area is 131 Å². The van der Waals surface area contributed by atoms with Gasteiger partial charge in [-0.15, -0.1) is 0 Å². The lowest BCUT2D eigenvalue weighted by atomic mass is 10.2. The average Bonchev–Trinajstić information content (AvgIpc) is 3.07. The fourth-order valence-corrected chi connectivity index (χ4v) is 4.99. The maximum Gasteiger partial charge on any atom is 0.215 e. The van der Waals surface area contributed by atoms with Crippen LogP contribution < -0.4 is 0 Å². The van der Waals surface area contributed by atoms with Crippen LogP contribution in [0.25, 0.3) is 0 Å². The number of aromatic amines is 1. The first kappa shape index (κ1) is 15.5. The van der Waals surface area contributed by atoms with Crippen molar-refractivity contribution in [2.45, 2.75) is 25.8 Å². The number of hydrogen-bond acceptors (Lipinski definition) is 5. The highest BCUT2D eigenvalue weighted by molar-refractivity contribution is 7.89. The van der Waals surface area contributed by atoms with E-state index in [4.69, 9.17) is 5.26 Å². The standard InChI is InChI=1S/C14H21N5O2S/c1-2-18-7-8-19(9-12(18)13-16-5-6-17-13)22(20,21)11-14(10-15)3-4-14/h5-6,12H,2-4,7-9,11H2,1H3,(H,16,17). The molecule has 0 amide bonds. The smallest absolute Gasteiger partial charge is 0.215 e. The fourth-order valence-electron chi connectivity index (χ4n) is 3.03. The molecule has 8 heteroatoms. The van der Waals surface area contributed by atoms with Gasteiger partial charge in [-0.3, -0.25) is 4.90 Å². The molecule has 2 heterocycles. The van der Waals surface area contributed by atoms with E-state index in [9.17, 15) is 8.42 Å². The molecule has 2 aliphatic rings. The number of hydrogen-bond donors (Lipinski definition) is 1. The van der Waals surface area contributed by atoms with Crippen LogP contribution in [0, 0.1) is 16.7 Å². The number of nitrogens with zero attached hydrogens (tertiary/aromatic N) is 4. The largest absolute Gasteiger partial charge is 0.347 e. The second-order valence-corrected chi connectivity index (χ2v) is 8.09. The molecule has 1 aromatic heterocycles. The minimum absolute atomic E-state index is 0.0481. The molecule has 2 fully saturated rings. The summed E-state index contributed by atoms with van der Waals surface area (Å²) in [6.07, 6.45) is 4.83. The lowest BCUT2D eigenvalue weighted by Gasteiger charge is -2.39. The quantitative estimate of drug-likeness (QED) is 0.862. The summed E-state index contributed by atoms with van der Waals surface area (Å²) in [6, 6.07) is 2.12. The molecule has 0 aromatic carbocycles. The zero-order valence-corrected chi connectivity index (χ0v) is 13.5. The lowest BCUT2D eigenvalue weighted by Crippen LogP contribution is -2.51. The summed E-state index contributed by atoms with van der Waals surface area (Å²) in [5, 5.41) is 9.14. The van der Waals surface area contributed by atoms with Gasteiger partial charge < -0.3 is 4.98 Å². The summed E-state index contributed by atoms with van der Waals surface area (Å²) < 4.78 is 26.8. The highest BCUT2D eigenvalue weighted by Gasteiger charge is 2.49. The maximum atomic E-state index is 12.6. The second-order valence-electron chi connectivity index (χ2n) is 6.13. The Hall–Kier alpha value is -1.43. The minimum Gasteiger partial charge on any atom is -0.347 e. The first-order valence-corrected chi connectivity index (χ1v) is 9.23. The molecule has 1 unspecified atom stereocenters. The predicted octanol–water partition coefficient (Wildman–Crippen LogP) is 0.722. The van der Waals surface area contributed by atoms with E-state index in [1.54, 1.807) is 12.4 Å². The molecule has 0 bridgehead atoms. The number of H-pyrrole nitrogens is 1. The Kier molecular flexibility index (Phi) is 3.97. The van der Waals surface area contributed by atoms with Gasteiger partial charge in [0.1, 0.15) is 5.82 Å². The normalized spacial score (nSPS) is 25.7. The molecule has 0 spiro atoms. The minimum atomic E-state index is -3.40. The van der Waals surface area contributed by atoms with Gasteiger partial charge in [-0.2, -0.15) is 9.57 Å². The van der Waals surface area contributed by atoms with E-state index < -0.39 is 15.4 Å². The Morgan fingerprint density at radius 1 is 1.50 bits per heavy atom. The zero-order chi connectivity index (χ0) is 15.8. The van der Waals surface area contributed by atoms with Gasteiger partial charge in [0.25, 0.3) is 0 Å². The van der Waals surface area contributed by atoms with Crippen molar-refractivity contribution in [1.82, 2.24) is 19.2 Å². The van der Waals surface area contributed by atoms with Gasteiger partial charge in [-0.05, 0) is 19.4 Å². The number of rotatable bonds is 5. The molecule has 1 saturated heterocycles. The molecule has 1 saturated carbocycles. The summed E-state index contributed by atoms with van der Waals surface area (Å²) in [4.78, 5) is 9.60. The molecule has 1 atom stereocenters. The molecule has 1 aromatic rings. The van der Waals surface area contributed by atoms with Gasteiger partial charge in [-0.25, -0.2) is 13.4 Å². The summed E-state index contributed by atoms with van der Waals surface area (Å²) in [6.45, 7) is 4.47. The van der Waals surface area contributed by atoms with Crippen molar-refractivity contribution in [1.29, 1.82) is 5.26 Å². The van der Waals surface area contributed by atoms with Crippen molar-refractivity contribution < 1.29 is 8.42 Å². The fraction of sp³-hybridized carbons (Fsp3) is 0.714. The lowest BCUT2D eigenvalue weighted by molar-refractivity contribution is 0.119. The van der Waals surface area contributed by atoms with E-state index in [0.717, 1.165) is 12.4 Å². The van der Waals surface area contributed by atoms with Gasteiger partial charge >= 0.3 is 0 Å². The number of sulfonamides is 1. The van der Waals surface area contributed by atoms with Crippen molar-refractivity contribution in [3.05, 3.63) is 18.2 Å². The number of piperazine rings is 1. The summed E-state index contributed by atoms with van der Waals surface area (Å²) in [5.74, 6) is 0.746. The van der Waals surface area contributed by atoms with E-state index in [1.807, 2.05) is 0 Å². The number of aromatic nitrogens is 2. The van der Waals surface area contributed by atoms with E-state index in [1.165, 1.54) is 4.31 Å². The van der Waals surface area contributed by atoms with Gasteiger partial charge in [-0.1, -0.05) is 6.92 Å². The van der Waals surface area contributed by atoms with Crippen LogP contribution in [0.3, 0.4) is 0 Å². The number of nitriles is 1. The summed E-state index contributed by atoms with van der Waals surface area (Å²) in [5.41, 5.74) is -0.638. The molecule has 7 nitrogen and oxygen atoms in total. The molecular weight excluding hydrogens is 302 g/mol. The first-order valence-electron chi connectivity index (χ1n) is 7.62. The topological polar surface area (TPSA) is 93.1 Å². The van der Waals surface area contributed by atoms with Crippen LogP contribution >= 0.6 is 0 Å². The zero-order valence-electron chi connectivity index (χ0n) is 12.7. The number of likely N-dealkylation sites (N-methyl/N-ethyl adjacent to an activating group) is 1. The molecule has 1 aliphatic heterocycles. The number of nitrogens with one attached hydrogen (secondary N) is 1. The van der Waals surface area contributed by atoms with Crippen molar-refractivity contribution in [3.8, 4) is 6.07 Å². The molecule has 22 heavy (non-hydrogen) atoms. The Morgan fingerprint density at radius 3 is 2.82 bits per heavy atom. The number of imidazole rings is 1. The maximum absolute atomic E-state index is 12.6. The van der Waals surface area contributed by atoms with Crippen molar-refractivity contribution >= 4 is 10.0 Å². The molecule has 1 N–H and O–H groups in total. The van der Waals surface area contributed by atoms with Crippen LogP contribution in [0.5, 0.6) is 0 Å². The van der Waals surface area contributed by atoms with Crippen molar-refractivity contribution in [3.63, 3.8) is 0 Å². The van der Waals surface area contributed by atoms with Crippen molar-refractivity contribution in [2.24, 2.45) is 5.41 Å². The van der Waals surface area contributed by atoms with E-state index in [2.05, 4.69) is 27.9 Å².